The van der Waals surface area contributed by atoms with E-state index in [4.69, 9.17) is 23.2 Å². The monoisotopic (exact) mass is 420 g/mol. The number of hydrogen-bond donors (Lipinski definition) is 0. The molecule has 24 heavy (non-hydrogen) atoms. The number of hydrogen-bond acceptors (Lipinski definition) is 5. The molecule has 8 heteroatoms. The summed E-state index contributed by atoms with van der Waals surface area (Å²) in [5, 5.41) is 1.09. The zero-order valence-corrected chi connectivity index (χ0v) is 16.4. The van der Waals surface area contributed by atoms with Gasteiger partial charge in [-0.25, -0.2) is 8.42 Å². The van der Waals surface area contributed by atoms with E-state index >= 15 is 0 Å². The van der Waals surface area contributed by atoms with Crippen molar-refractivity contribution in [2.75, 3.05) is 17.3 Å². The van der Waals surface area contributed by atoms with Gasteiger partial charge >= 0.3 is 0 Å². The first-order chi connectivity index (χ1) is 11.4. The minimum Gasteiger partial charge on any atom is -0.286 e. The summed E-state index contributed by atoms with van der Waals surface area (Å²) in [5.41, 5.74) is 0. The minimum atomic E-state index is -3.35. The molecular formula is C16H14Cl2O3S3. The van der Waals surface area contributed by atoms with E-state index in [0.717, 1.165) is 16.7 Å². The lowest BCUT2D eigenvalue weighted by atomic mass is 10.4. The van der Waals surface area contributed by atoms with Crippen molar-refractivity contribution in [2.24, 2.45) is 0 Å². The van der Waals surface area contributed by atoms with Crippen LogP contribution in [0.15, 0.2) is 58.3 Å². The van der Waals surface area contributed by atoms with Crippen molar-refractivity contribution in [3.05, 3.63) is 58.6 Å². The molecule has 2 aromatic rings. The van der Waals surface area contributed by atoms with Gasteiger partial charge in [0.25, 0.3) is 0 Å². The van der Waals surface area contributed by atoms with Crippen LogP contribution in [0.1, 0.15) is 0 Å². The predicted molar refractivity (Wildman–Crippen MR) is 103 cm³/mol. The van der Waals surface area contributed by atoms with E-state index in [0.29, 0.717) is 15.8 Å². The smallest absolute Gasteiger partial charge is 0.203 e. The number of carbonyl (C=O) groups excluding carboxylic acids is 1. The molecule has 0 atom stereocenters. The summed E-state index contributed by atoms with van der Waals surface area (Å²) >= 11 is 14.0. The van der Waals surface area contributed by atoms with Gasteiger partial charge < -0.3 is 0 Å². The average Bonchev–Trinajstić information content (AvgIpc) is 2.54. The summed E-state index contributed by atoms with van der Waals surface area (Å²) in [7, 11) is -3.35. The van der Waals surface area contributed by atoms with Crippen LogP contribution in [0.5, 0.6) is 0 Å². The summed E-state index contributed by atoms with van der Waals surface area (Å²) in [4.78, 5) is 12.9. The largest absolute Gasteiger partial charge is 0.286 e. The summed E-state index contributed by atoms with van der Waals surface area (Å²) < 4.78 is 24.3. The van der Waals surface area contributed by atoms with E-state index < -0.39 is 9.84 Å². The molecule has 0 saturated heterocycles. The molecule has 0 unspecified atom stereocenters. The number of rotatable bonds is 7. The molecule has 0 amide bonds. The molecule has 0 N–H and O–H groups in total. The summed E-state index contributed by atoms with van der Waals surface area (Å²) in [5.74, 6) is 0.597. The van der Waals surface area contributed by atoms with E-state index in [1.807, 2.05) is 0 Å². The van der Waals surface area contributed by atoms with Crippen molar-refractivity contribution in [1.29, 1.82) is 0 Å². The van der Waals surface area contributed by atoms with Gasteiger partial charge in [0.1, 0.15) is 0 Å². The Hall–Kier alpha value is -0.660. The second-order valence-corrected chi connectivity index (χ2v) is 9.97. The van der Waals surface area contributed by atoms with Crippen LogP contribution in [-0.2, 0) is 14.6 Å². The molecule has 0 aliphatic heterocycles. The van der Waals surface area contributed by atoms with E-state index in [1.165, 1.54) is 23.9 Å². The van der Waals surface area contributed by atoms with Crippen LogP contribution in [-0.4, -0.2) is 30.8 Å². The highest BCUT2D eigenvalue weighted by Gasteiger charge is 2.14. The van der Waals surface area contributed by atoms with Crippen LogP contribution in [0.4, 0.5) is 0 Å². The lowest BCUT2D eigenvalue weighted by Gasteiger charge is -2.05. The maximum Gasteiger partial charge on any atom is 0.203 e. The highest BCUT2D eigenvalue weighted by molar-refractivity contribution is 8.15. The Morgan fingerprint density at radius 3 is 2.04 bits per heavy atom. The molecule has 2 rings (SSSR count). The van der Waals surface area contributed by atoms with E-state index in [-0.39, 0.29) is 21.5 Å². The summed E-state index contributed by atoms with van der Waals surface area (Å²) in [6.45, 7) is 0. The van der Waals surface area contributed by atoms with Crippen molar-refractivity contribution in [1.82, 2.24) is 0 Å². The molecule has 0 radical (unpaired) electrons. The zero-order valence-electron chi connectivity index (χ0n) is 12.4. The standard InChI is InChI=1S/C16H14Cl2O3S3/c17-12-1-5-14(6-2-12)23-16(19)11-22-9-10-24(20,21)15-7-3-13(18)4-8-15/h1-8H,9-11H2. The van der Waals surface area contributed by atoms with Gasteiger partial charge in [-0.15, -0.1) is 0 Å². The van der Waals surface area contributed by atoms with Crippen molar-refractivity contribution in [3.8, 4) is 0 Å². The van der Waals surface area contributed by atoms with Crippen LogP contribution < -0.4 is 0 Å². The third kappa shape index (κ3) is 6.33. The molecule has 0 saturated carbocycles. The Morgan fingerprint density at radius 1 is 0.917 bits per heavy atom. The molecule has 2 aromatic carbocycles. The van der Waals surface area contributed by atoms with Crippen molar-refractivity contribution < 1.29 is 13.2 Å². The quantitative estimate of drug-likeness (QED) is 0.474. The minimum absolute atomic E-state index is 0.0157. The molecule has 3 nitrogen and oxygen atoms in total. The van der Waals surface area contributed by atoms with Crippen LogP contribution >= 0.6 is 46.7 Å². The lowest BCUT2D eigenvalue weighted by molar-refractivity contribution is -0.108. The second-order valence-electron chi connectivity index (χ2n) is 4.75. The average molecular weight is 421 g/mol. The van der Waals surface area contributed by atoms with E-state index in [1.54, 1.807) is 36.4 Å². The molecule has 128 valence electrons. The van der Waals surface area contributed by atoms with E-state index in [9.17, 15) is 13.2 Å². The van der Waals surface area contributed by atoms with Crippen LogP contribution in [0.25, 0.3) is 0 Å². The van der Waals surface area contributed by atoms with Gasteiger partial charge in [0, 0.05) is 20.7 Å². The maximum atomic E-state index is 12.2. The van der Waals surface area contributed by atoms with Gasteiger partial charge in [-0.2, -0.15) is 11.8 Å². The third-order valence-electron chi connectivity index (χ3n) is 2.93. The fourth-order valence-corrected chi connectivity index (χ4v) is 5.47. The Labute approximate surface area is 160 Å². The first-order valence-electron chi connectivity index (χ1n) is 6.89. The summed E-state index contributed by atoms with van der Waals surface area (Å²) in [6, 6.07) is 13.1. The number of sulfone groups is 1. The number of thioether (sulfide) groups is 2. The molecule has 0 aliphatic carbocycles. The number of carbonyl (C=O) groups is 1. The molecule has 0 aromatic heterocycles. The van der Waals surface area contributed by atoms with Gasteiger partial charge in [-0.3, -0.25) is 4.79 Å². The molecule has 0 spiro atoms. The first kappa shape index (κ1) is 19.7. The Morgan fingerprint density at radius 2 is 1.46 bits per heavy atom. The molecular weight excluding hydrogens is 407 g/mol. The highest BCUT2D eigenvalue weighted by atomic mass is 35.5. The van der Waals surface area contributed by atoms with Gasteiger partial charge in [-0.05, 0) is 48.5 Å². The lowest BCUT2D eigenvalue weighted by Crippen LogP contribution is -2.10. The zero-order chi connectivity index (χ0) is 17.6. The molecule has 0 heterocycles. The SMILES string of the molecule is O=C(CSCCS(=O)(=O)c1ccc(Cl)cc1)Sc1ccc(Cl)cc1. The Bertz CT molecular complexity index is 788. The van der Waals surface area contributed by atoms with Gasteiger partial charge in [0.2, 0.25) is 5.12 Å². The first-order valence-corrected chi connectivity index (χ1v) is 11.3. The highest BCUT2D eigenvalue weighted by Crippen LogP contribution is 2.23. The summed E-state index contributed by atoms with van der Waals surface area (Å²) in [6.07, 6.45) is 0. The van der Waals surface area contributed by atoms with Crippen molar-refractivity contribution in [3.63, 3.8) is 0 Å². The molecule has 0 bridgehead atoms. The third-order valence-corrected chi connectivity index (χ3v) is 7.45. The maximum absolute atomic E-state index is 12.2. The number of benzene rings is 2. The van der Waals surface area contributed by atoms with Crippen molar-refractivity contribution in [2.45, 2.75) is 9.79 Å². The van der Waals surface area contributed by atoms with Crippen LogP contribution in [0.3, 0.4) is 0 Å². The topological polar surface area (TPSA) is 51.2 Å². The predicted octanol–water partition coefficient (Wildman–Crippen LogP) is 4.82. The van der Waals surface area contributed by atoms with Gasteiger partial charge in [-0.1, -0.05) is 35.0 Å². The Balaban J connectivity index is 1.76. The fourth-order valence-electron chi connectivity index (χ4n) is 1.75. The second kappa shape index (κ2) is 9.15. The van der Waals surface area contributed by atoms with Crippen molar-refractivity contribution >= 4 is 61.7 Å². The number of halogens is 2. The molecule has 0 fully saturated rings. The van der Waals surface area contributed by atoms with Gasteiger partial charge in [0.15, 0.2) is 9.84 Å². The van der Waals surface area contributed by atoms with Gasteiger partial charge in [0.05, 0.1) is 16.4 Å². The van der Waals surface area contributed by atoms with Crippen LogP contribution in [0, 0.1) is 0 Å². The van der Waals surface area contributed by atoms with E-state index in [2.05, 4.69) is 0 Å². The Kier molecular flexibility index (Phi) is 7.50. The van der Waals surface area contributed by atoms with Crippen LogP contribution in [0.2, 0.25) is 10.0 Å². The normalized spacial score (nSPS) is 11.4. The molecule has 0 aliphatic rings. The fraction of sp³-hybridized carbons (Fsp3) is 0.188.